The van der Waals surface area contributed by atoms with Gasteiger partial charge in [-0.25, -0.2) is 9.67 Å². The molecule has 0 aliphatic rings. The number of nitrogens with one attached hydrogen (secondary N) is 1. The van der Waals surface area contributed by atoms with E-state index in [1.807, 2.05) is 75.4 Å². The predicted octanol–water partition coefficient (Wildman–Crippen LogP) is 4.34. The molecule has 8 heteroatoms. The maximum Gasteiger partial charge on any atom is 0.263 e. The van der Waals surface area contributed by atoms with Crippen molar-refractivity contribution in [1.29, 1.82) is 0 Å². The third kappa shape index (κ3) is 4.49. The lowest BCUT2D eigenvalue weighted by atomic mass is 10.2. The van der Waals surface area contributed by atoms with Crippen LogP contribution >= 0.6 is 11.3 Å². The maximum atomic E-state index is 12.7. The highest BCUT2D eigenvalue weighted by Crippen LogP contribution is 2.29. The SMILES string of the molecule is CCOc1ccc(-n2nnc(-c3nc(C)c(C(=O)NCc4ccccc4)s3)c2C)cc1. The zero-order valence-electron chi connectivity index (χ0n) is 17.6. The summed E-state index contributed by atoms with van der Waals surface area (Å²) in [5.41, 5.74) is 4.14. The van der Waals surface area contributed by atoms with E-state index in [4.69, 9.17) is 4.74 Å². The van der Waals surface area contributed by atoms with E-state index in [1.165, 1.54) is 11.3 Å². The fourth-order valence-corrected chi connectivity index (χ4v) is 4.21. The number of carbonyl (C=O) groups excluding carboxylic acids is 1. The van der Waals surface area contributed by atoms with Crippen molar-refractivity contribution in [2.75, 3.05) is 6.61 Å². The molecule has 2 aromatic carbocycles. The van der Waals surface area contributed by atoms with Gasteiger partial charge in [0.25, 0.3) is 5.91 Å². The van der Waals surface area contributed by atoms with E-state index in [-0.39, 0.29) is 5.91 Å². The molecular formula is C23H23N5O2S. The normalized spacial score (nSPS) is 10.8. The third-order valence-corrected chi connectivity index (χ3v) is 5.95. The van der Waals surface area contributed by atoms with Gasteiger partial charge in [-0.2, -0.15) is 0 Å². The molecule has 0 bridgehead atoms. The number of hydrogen-bond donors (Lipinski definition) is 1. The molecule has 1 amide bonds. The number of rotatable bonds is 7. The van der Waals surface area contributed by atoms with Crippen molar-refractivity contribution in [3.63, 3.8) is 0 Å². The number of benzene rings is 2. The van der Waals surface area contributed by atoms with Gasteiger partial charge in [0.1, 0.15) is 21.3 Å². The lowest BCUT2D eigenvalue weighted by Gasteiger charge is -2.06. The van der Waals surface area contributed by atoms with E-state index in [1.54, 1.807) is 4.68 Å². The smallest absolute Gasteiger partial charge is 0.263 e. The molecule has 2 aromatic heterocycles. The molecule has 2 heterocycles. The number of nitrogens with zero attached hydrogens (tertiary/aromatic N) is 4. The second-order valence-corrected chi connectivity index (χ2v) is 7.96. The Morgan fingerprint density at radius 3 is 2.55 bits per heavy atom. The van der Waals surface area contributed by atoms with Crippen molar-refractivity contribution in [3.8, 4) is 22.1 Å². The minimum absolute atomic E-state index is 0.137. The molecule has 0 saturated heterocycles. The zero-order valence-corrected chi connectivity index (χ0v) is 18.4. The lowest BCUT2D eigenvalue weighted by molar-refractivity contribution is 0.0954. The third-order valence-electron chi connectivity index (χ3n) is 4.79. The standard InChI is InChI=1S/C23H23N5O2S/c1-4-30-19-12-10-18(11-13-19)28-16(3)20(26-27-28)23-25-15(2)21(31-23)22(29)24-14-17-8-6-5-7-9-17/h5-13H,4,14H2,1-3H3,(H,24,29). The number of aromatic nitrogens is 4. The summed E-state index contributed by atoms with van der Waals surface area (Å²) in [5.74, 6) is 0.674. The molecule has 0 saturated carbocycles. The van der Waals surface area contributed by atoms with Gasteiger partial charge in [0, 0.05) is 6.54 Å². The quantitative estimate of drug-likeness (QED) is 0.469. The Hall–Kier alpha value is -3.52. The van der Waals surface area contributed by atoms with E-state index < -0.39 is 0 Å². The van der Waals surface area contributed by atoms with Crippen LogP contribution in [0.2, 0.25) is 0 Å². The van der Waals surface area contributed by atoms with Crippen LogP contribution in [0.4, 0.5) is 0 Å². The van der Waals surface area contributed by atoms with Crippen molar-refractivity contribution in [1.82, 2.24) is 25.3 Å². The zero-order chi connectivity index (χ0) is 21.8. The Morgan fingerprint density at radius 2 is 1.84 bits per heavy atom. The van der Waals surface area contributed by atoms with Crippen molar-refractivity contribution < 1.29 is 9.53 Å². The highest BCUT2D eigenvalue weighted by molar-refractivity contribution is 7.17. The van der Waals surface area contributed by atoms with Crippen LogP contribution in [0.25, 0.3) is 16.4 Å². The van der Waals surface area contributed by atoms with E-state index in [0.717, 1.165) is 22.7 Å². The number of amides is 1. The second-order valence-electron chi connectivity index (χ2n) is 6.96. The van der Waals surface area contributed by atoms with Crippen LogP contribution in [0.3, 0.4) is 0 Å². The summed E-state index contributed by atoms with van der Waals surface area (Å²) in [6.45, 7) is 6.82. The first-order valence-corrected chi connectivity index (χ1v) is 10.8. The van der Waals surface area contributed by atoms with E-state index in [0.29, 0.717) is 34.4 Å². The summed E-state index contributed by atoms with van der Waals surface area (Å²) < 4.78 is 7.26. The van der Waals surface area contributed by atoms with Crippen molar-refractivity contribution in [3.05, 3.63) is 76.4 Å². The number of ether oxygens (including phenoxy) is 1. The Morgan fingerprint density at radius 1 is 1.10 bits per heavy atom. The van der Waals surface area contributed by atoms with Crippen molar-refractivity contribution in [2.45, 2.75) is 27.3 Å². The van der Waals surface area contributed by atoms with E-state index >= 15 is 0 Å². The van der Waals surface area contributed by atoms with Gasteiger partial charge in [-0.05, 0) is 50.6 Å². The summed E-state index contributed by atoms with van der Waals surface area (Å²) in [4.78, 5) is 17.9. The van der Waals surface area contributed by atoms with Gasteiger partial charge in [0.2, 0.25) is 0 Å². The van der Waals surface area contributed by atoms with Gasteiger partial charge < -0.3 is 10.1 Å². The first-order valence-electron chi connectivity index (χ1n) is 10.0. The molecule has 4 aromatic rings. The number of aryl methyl sites for hydroxylation is 1. The molecule has 0 atom stereocenters. The summed E-state index contributed by atoms with van der Waals surface area (Å²) in [6, 6.07) is 17.5. The average molecular weight is 434 g/mol. The van der Waals surface area contributed by atoms with Crippen LogP contribution < -0.4 is 10.1 Å². The molecule has 0 radical (unpaired) electrons. The maximum absolute atomic E-state index is 12.7. The lowest BCUT2D eigenvalue weighted by Crippen LogP contribution is -2.22. The molecule has 0 fully saturated rings. The highest BCUT2D eigenvalue weighted by atomic mass is 32.1. The minimum Gasteiger partial charge on any atom is -0.494 e. The van der Waals surface area contributed by atoms with Gasteiger partial charge >= 0.3 is 0 Å². The van der Waals surface area contributed by atoms with Crippen LogP contribution in [-0.2, 0) is 6.54 Å². The van der Waals surface area contributed by atoms with Gasteiger partial charge in [0.05, 0.1) is 23.7 Å². The van der Waals surface area contributed by atoms with Gasteiger partial charge in [-0.1, -0.05) is 35.5 Å². The Balaban J connectivity index is 1.53. The van der Waals surface area contributed by atoms with Crippen molar-refractivity contribution in [2.24, 2.45) is 0 Å². The molecular weight excluding hydrogens is 410 g/mol. The molecule has 0 unspecified atom stereocenters. The predicted molar refractivity (Wildman–Crippen MR) is 121 cm³/mol. The molecule has 0 spiro atoms. The van der Waals surface area contributed by atoms with Crippen molar-refractivity contribution >= 4 is 17.2 Å². The summed E-state index contributed by atoms with van der Waals surface area (Å²) in [5, 5.41) is 12.3. The van der Waals surface area contributed by atoms with Crippen LogP contribution in [0.15, 0.2) is 54.6 Å². The molecule has 1 N–H and O–H groups in total. The van der Waals surface area contributed by atoms with E-state index in [9.17, 15) is 4.79 Å². The topological polar surface area (TPSA) is 81.9 Å². The summed E-state index contributed by atoms with van der Waals surface area (Å²) >= 11 is 1.33. The van der Waals surface area contributed by atoms with Crippen LogP contribution in [0.5, 0.6) is 5.75 Å². The van der Waals surface area contributed by atoms with Gasteiger partial charge in [-0.3, -0.25) is 4.79 Å². The minimum atomic E-state index is -0.137. The molecule has 7 nitrogen and oxygen atoms in total. The number of carbonyl (C=O) groups is 1. The van der Waals surface area contributed by atoms with Crippen LogP contribution in [0.1, 0.15) is 33.5 Å². The Kier molecular flexibility index (Phi) is 6.08. The Bertz CT molecular complexity index is 1180. The monoisotopic (exact) mass is 433 g/mol. The fourth-order valence-electron chi connectivity index (χ4n) is 3.19. The largest absolute Gasteiger partial charge is 0.494 e. The number of hydrogen-bond acceptors (Lipinski definition) is 6. The van der Waals surface area contributed by atoms with E-state index in [2.05, 4.69) is 20.6 Å². The molecule has 31 heavy (non-hydrogen) atoms. The first-order chi connectivity index (χ1) is 15.1. The fraction of sp³-hybridized carbons (Fsp3) is 0.217. The molecule has 0 aliphatic carbocycles. The first kappa shape index (κ1) is 20.7. The van der Waals surface area contributed by atoms with Gasteiger partial charge in [0.15, 0.2) is 0 Å². The molecule has 0 aliphatic heterocycles. The van der Waals surface area contributed by atoms with Crippen LogP contribution in [0, 0.1) is 13.8 Å². The second kappa shape index (κ2) is 9.09. The molecule has 4 rings (SSSR count). The molecule has 158 valence electrons. The van der Waals surface area contributed by atoms with Gasteiger partial charge in [-0.15, -0.1) is 16.4 Å². The Labute approximate surface area is 184 Å². The average Bonchev–Trinajstić information content (AvgIpc) is 3.36. The van der Waals surface area contributed by atoms with Crippen LogP contribution in [-0.4, -0.2) is 32.5 Å². The summed E-state index contributed by atoms with van der Waals surface area (Å²) in [6.07, 6.45) is 0. The summed E-state index contributed by atoms with van der Waals surface area (Å²) in [7, 11) is 0. The highest BCUT2D eigenvalue weighted by Gasteiger charge is 2.20. The number of thiazole rings is 1.